The van der Waals surface area contributed by atoms with E-state index in [4.69, 9.17) is 9.47 Å². The quantitative estimate of drug-likeness (QED) is 0.375. The number of ether oxygens (including phenoxy) is 2. The van der Waals surface area contributed by atoms with Gasteiger partial charge in [0.1, 0.15) is 0 Å². The molecule has 0 radical (unpaired) electrons. The summed E-state index contributed by atoms with van der Waals surface area (Å²) in [4.78, 5) is 23.2. The van der Waals surface area contributed by atoms with E-state index in [1.807, 2.05) is 10.9 Å². The third-order valence-corrected chi connectivity index (χ3v) is 3.43. The lowest BCUT2D eigenvalue weighted by molar-refractivity contribution is -0.342. The first-order valence-corrected chi connectivity index (χ1v) is 7.52. The topological polar surface area (TPSA) is 76.7 Å². The molecule has 29 heavy (non-hydrogen) atoms. The summed E-state index contributed by atoms with van der Waals surface area (Å²) in [5.41, 5.74) is 3.27. The van der Waals surface area contributed by atoms with Gasteiger partial charge in [-0.3, -0.25) is 15.0 Å². The molecule has 0 saturated carbocycles. The van der Waals surface area contributed by atoms with Crippen LogP contribution in [-0.4, -0.2) is 43.9 Å². The van der Waals surface area contributed by atoms with E-state index >= 15 is 0 Å². The molecular weight excluding hydrogens is 417 g/mol. The minimum atomic E-state index is -6.64. The number of methoxy groups -OCH3 is 2. The van der Waals surface area contributed by atoms with Crippen LogP contribution in [0.1, 0.15) is 17.3 Å². The van der Waals surface area contributed by atoms with Crippen molar-refractivity contribution >= 4 is 11.7 Å². The first-order chi connectivity index (χ1) is 13.2. The van der Waals surface area contributed by atoms with Gasteiger partial charge in [0.2, 0.25) is 5.78 Å². The molecule has 0 aliphatic heterocycles. The number of nitrogens with one attached hydrogen (secondary N) is 2. The van der Waals surface area contributed by atoms with E-state index < -0.39 is 35.4 Å². The third kappa shape index (κ3) is 5.09. The maximum atomic E-state index is 13.3. The molecule has 0 unspecified atom stereocenters. The van der Waals surface area contributed by atoms with Crippen molar-refractivity contribution in [1.29, 1.82) is 0 Å². The molecule has 0 aliphatic rings. The number of rotatable bonds is 8. The van der Waals surface area contributed by atoms with Crippen molar-refractivity contribution in [2.75, 3.05) is 14.2 Å². The van der Waals surface area contributed by atoms with E-state index in [9.17, 15) is 40.3 Å². The van der Waals surface area contributed by atoms with Gasteiger partial charge in [-0.2, -0.15) is 30.7 Å². The van der Waals surface area contributed by atoms with E-state index in [0.717, 1.165) is 6.92 Å². The summed E-state index contributed by atoms with van der Waals surface area (Å²) in [7, 11) is 2.65. The third-order valence-electron chi connectivity index (χ3n) is 3.43. The molecule has 2 N–H and O–H groups in total. The smallest absolute Gasteiger partial charge is 0.460 e. The average molecular weight is 432 g/mol. The number of alkyl halides is 7. The SMILES string of the molecule is COc1ccc(C(=O)NNC(C)=CC(=O)C(F)(F)C(F)(F)C(F)(F)F)cc1OC. The number of amides is 1. The van der Waals surface area contributed by atoms with Gasteiger partial charge < -0.3 is 14.9 Å². The molecule has 13 heteroatoms. The number of ketones is 1. The van der Waals surface area contributed by atoms with Crippen molar-refractivity contribution < 1.29 is 49.8 Å². The predicted molar refractivity (Wildman–Crippen MR) is 84.9 cm³/mol. The lowest BCUT2D eigenvalue weighted by atomic mass is 10.1. The van der Waals surface area contributed by atoms with Gasteiger partial charge in [0.15, 0.2) is 11.5 Å². The molecule has 0 saturated heterocycles. The monoisotopic (exact) mass is 432 g/mol. The summed E-state index contributed by atoms with van der Waals surface area (Å²) in [5, 5.41) is 0. The van der Waals surface area contributed by atoms with Gasteiger partial charge in [-0.1, -0.05) is 0 Å². The van der Waals surface area contributed by atoms with Crippen LogP contribution in [0.2, 0.25) is 0 Å². The zero-order valence-corrected chi connectivity index (χ0v) is 15.1. The van der Waals surface area contributed by atoms with Crippen molar-refractivity contribution in [3.8, 4) is 11.5 Å². The molecule has 0 fully saturated rings. The Morgan fingerprint density at radius 3 is 1.97 bits per heavy atom. The van der Waals surface area contributed by atoms with Crippen LogP contribution >= 0.6 is 0 Å². The summed E-state index contributed by atoms with van der Waals surface area (Å²) < 4.78 is 98.4. The highest BCUT2D eigenvalue weighted by Crippen LogP contribution is 2.47. The Kier molecular flexibility index (Phi) is 7.11. The second-order valence-electron chi connectivity index (χ2n) is 5.49. The predicted octanol–water partition coefficient (Wildman–Crippen LogP) is 3.24. The number of benzene rings is 1. The summed E-state index contributed by atoms with van der Waals surface area (Å²) in [5.74, 6) is -15.8. The normalized spacial score (nSPS) is 13.0. The van der Waals surface area contributed by atoms with Gasteiger partial charge in [0.05, 0.1) is 14.2 Å². The number of hydrogen-bond donors (Lipinski definition) is 2. The number of halogens is 7. The summed E-state index contributed by atoms with van der Waals surface area (Å²) >= 11 is 0. The van der Waals surface area contributed by atoms with Gasteiger partial charge in [-0.05, 0) is 25.1 Å². The van der Waals surface area contributed by atoms with Crippen LogP contribution in [0.3, 0.4) is 0 Å². The number of hydrazine groups is 1. The molecular formula is C16H15F7N2O4. The molecule has 1 amide bonds. The molecule has 0 spiro atoms. The Labute approximate surface area is 159 Å². The van der Waals surface area contributed by atoms with Gasteiger partial charge in [0, 0.05) is 17.3 Å². The number of hydrogen-bond acceptors (Lipinski definition) is 5. The van der Waals surface area contributed by atoms with E-state index in [1.54, 1.807) is 0 Å². The van der Waals surface area contributed by atoms with Crippen LogP contribution in [0.4, 0.5) is 30.7 Å². The molecule has 6 nitrogen and oxygen atoms in total. The molecule has 0 aliphatic carbocycles. The largest absolute Gasteiger partial charge is 0.493 e. The van der Waals surface area contributed by atoms with Crippen LogP contribution in [0.15, 0.2) is 30.0 Å². The number of carbonyl (C=O) groups excluding carboxylic acids is 2. The Hall–Kier alpha value is -2.99. The van der Waals surface area contributed by atoms with E-state index in [-0.39, 0.29) is 17.4 Å². The Balaban J connectivity index is 2.88. The molecule has 0 aromatic heterocycles. The van der Waals surface area contributed by atoms with Crippen LogP contribution < -0.4 is 20.3 Å². The minimum Gasteiger partial charge on any atom is -0.493 e. The van der Waals surface area contributed by atoms with Crippen LogP contribution in [0.25, 0.3) is 0 Å². The maximum absolute atomic E-state index is 13.3. The second kappa shape index (κ2) is 8.57. The zero-order valence-electron chi connectivity index (χ0n) is 15.1. The standard InChI is InChI=1S/C16H15F7N2O4/c1-8(6-12(26)14(17,18)15(19,20)16(21,22)23)24-25-13(27)9-4-5-10(28-2)11(7-9)29-3/h4-7,24H,1-3H3,(H,25,27). The lowest BCUT2D eigenvalue weighted by Crippen LogP contribution is -2.55. The molecule has 1 aromatic carbocycles. The van der Waals surface area contributed by atoms with Gasteiger partial charge in [-0.25, -0.2) is 0 Å². The summed E-state index contributed by atoms with van der Waals surface area (Å²) in [6, 6.07) is 3.92. The maximum Gasteiger partial charge on any atom is 0.460 e. The molecule has 1 aromatic rings. The second-order valence-corrected chi connectivity index (χ2v) is 5.49. The fourth-order valence-electron chi connectivity index (χ4n) is 1.86. The molecule has 0 heterocycles. The molecule has 162 valence electrons. The first-order valence-electron chi connectivity index (χ1n) is 7.52. The van der Waals surface area contributed by atoms with Crippen molar-refractivity contribution in [3.05, 3.63) is 35.5 Å². The van der Waals surface area contributed by atoms with E-state index in [1.165, 1.54) is 32.4 Å². The highest BCUT2D eigenvalue weighted by Gasteiger charge is 2.75. The highest BCUT2D eigenvalue weighted by molar-refractivity contribution is 5.97. The Bertz CT molecular complexity index is 807. The summed E-state index contributed by atoms with van der Waals surface area (Å²) in [6.45, 7) is 0.884. The zero-order chi connectivity index (χ0) is 22.6. The number of allylic oxidation sites excluding steroid dienone is 2. The highest BCUT2D eigenvalue weighted by atomic mass is 19.4. The van der Waals surface area contributed by atoms with Crippen molar-refractivity contribution in [2.45, 2.75) is 24.9 Å². The fraction of sp³-hybridized carbons (Fsp3) is 0.375. The van der Waals surface area contributed by atoms with Crippen molar-refractivity contribution in [3.63, 3.8) is 0 Å². The van der Waals surface area contributed by atoms with Crippen LogP contribution in [-0.2, 0) is 4.79 Å². The van der Waals surface area contributed by atoms with Gasteiger partial charge in [0.25, 0.3) is 5.91 Å². The molecule has 0 bridgehead atoms. The molecule has 0 atom stereocenters. The van der Waals surface area contributed by atoms with Gasteiger partial charge >= 0.3 is 18.0 Å². The molecule has 1 rings (SSSR count). The average Bonchev–Trinajstić information content (AvgIpc) is 2.64. The van der Waals surface area contributed by atoms with Crippen molar-refractivity contribution in [1.82, 2.24) is 10.9 Å². The van der Waals surface area contributed by atoms with Crippen LogP contribution in [0.5, 0.6) is 11.5 Å². The van der Waals surface area contributed by atoms with E-state index in [0.29, 0.717) is 5.75 Å². The lowest BCUT2D eigenvalue weighted by Gasteiger charge is -2.26. The Morgan fingerprint density at radius 1 is 0.931 bits per heavy atom. The van der Waals surface area contributed by atoms with Gasteiger partial charge in [-0.15, -0.1) is 0 Å². The Morgan fingerprint density at radius 2 is 1.48 bits per heavy atom. The van der Waals surface area contributed by atoms with Crippen molar-refractivity contribution in [2.24, 2.45) is 0 Å². The fourth-order valence-corrected chi connectivity index (χ4v) is 1.86. The summed E-state index contributed by atoms with van der Waals surface area (Å²) in [6.07, 6.45) is -6.82. The van der Waals surface area contributed by atoms with Crippen LogP contribution in [0, 0.1) is 0 Å². The van der Waals surface area contributed by atoms with E-state index in [2.05, 4.69) is 0 Å². The minimum absolute atomic E-state index is 0.0109. The first kappa shape index (κ1) is 24.0. The number of carbonyl (C=O) groups is 2.